The minimum absolute atomic E-state index is 0.0604. The van der Waals surface area contributed by atoms with E-state index in [9.17, 15) is 9.59 Å². The van der Waals surface area contributed by atoms with Crippen LogP contribution in [-0.2, 0) is 14.3 Å². The van der Waals surface area contributed by atoms with Gasteiger partial charge in [-0.1, -0.05) is 0 Å². The molecule has 5 heteroatoms. The van der Waals surface area contributed by atoms with Crippen molar-refractivity contribution in [2.75, 3.05) is 26.7 Å². The van der Waals surface area contributed by atoms with Gasteiger partial charge in [0.2, 0.25) is 5.91 Å². The number of nitrogens with zero attached hydrogens (tertiary/aromatic N) is 1. The number of likely N-dealkylation sites (tertiary alicyclic amines) is 1. The number of nitrogens with one attached hydrogen (secondary N) is 1. The molecule has 2 aliphatic rings. The van der Waals surface area contributed by atoms with E-state index in [-0.39, 0.29) is 23.8 Å². The van der Waals surface area contributed by atoms with E-state index in [1.165, 1.54) is 7.11 Å². The first-order chi connectivity index (χ1) is 7.74. The molecule has 2 heterocycles. The molecule has 2 rings (SSSR count). The fourth-order valence-electron chi connectivity index (χ4n) is 2.27. The molecule has 0 spiro atoms. The van der Waals surface area contributed by atoms with Gasteiger partial charge in [0, 0.05) is 19.6 Å². The first kappa shape index (κ1) is 11.4. The molecule has 0 saturated carbocycles. The summed E-state index contributed by atoms with van der Waals surface area (Å²) >= 11 is 0. The van der Waals surface area contributed by atoms with E-state index in [4.69, 9.17) is 4.74 Å². The van der Waals surface area contributed by atoms with Gasteiger partial charge in [-0.25, -0.2) is 4.79 Å². The highest BCUT2D eigenvalue weighted by atomic mass is 16.5. The SMILES string of the molecule is COC(=O)C1CCCCN1C(=O)C1CNC1. The maximum Gasteiger partial charge on any atom is 0.328 e. The zero-order valence-corrected chi connectivity index (χ0v) is 9.57. The van der Waals surface area contributed by atoms with Crippen molar-refractivity contribution < 1.29 is 14.3 Å². The summed E-state index contributed by atoms with van der Waals surface area (Å²) in [6, 6.07) is -0.355. The quantitative estimate of drug-likeness (QED) is 0.660. The maximum absolute atomic E-state index is 12.1. The van der Waals surface area contributed by atoms with Crippen LogP contribution in [0, 0.1) is 5.92 Å². The minimum atomic E-state index is -0.355. The second kappa shape index (κ2) is 4.82. The normalized spacial score (nSPS) is 26.1. The van der Waals surface area contributed by atoms with Crippen LogP contribution in [0.4, 0.5) is 0 Å². The van der Waals surface area contributed by atoms with Gasteiger partial charge in [0.25, 0.3) is 0 Å². The molecule has 90 valence electrons. The van der Waals surface area contributed by atoms with Gasteiger partial charge < -0.3 is 15.0 Å². The van der Waals surface area contributed by atoms with Crippen molar-refractivity contribution >= 4 is 11.9 Å². The summed E-state index contributed by atoms with van der Waals surface area (Å²) in [4.78, 5) is 25.4. The third-order valence-electron chi connectivity index (χ3n) is 3.39. The zero-order chi connectivity index (χ0) is 11.5. The van der Waals surface area contributed by atoms with Crippen molar-refractivity contribution in [3.63, 3.8) is 0 Å². The molecule has 2 saturated heterocycles. The van der Waals surface area contributed by atoms with E-state index >= 15 is 0 Å². The van der Waals surface area contributed by atoms with E-state index in [1.807, 2.05) is 0 Å². The summed E-state index contributed by atoms with van der Waals surface area (Å²) in [5, 5.41) is 3.08. The summed E-state index contributed by atoms with van der Waals surface area (Å²) in [6.45, 7) is 2.17. The van der Waals surface area contributed by atoms with Gasteiger partial charge in [0.1, 0.15) is 6.04 Å². The smallest absolute Gasteiger partial charge is 0.328 e. The first-order valence-corrected chi connectivity index (χ1v) is 5.83. The van der Waals surface area contributed by atoms with Crippen molar-refractivity contribution in [1.82, 2.24) is 10.2 Å². The Balaban J connectivity index is 2.03. The minimum Gasteiger partial charge on any atom is -0.467 e. The Bertz CT molecular complexity index is 289. The Morgan fingerprint density at radius 3 is 2.62 bits per heavy atom. The Hall–Kier alpha value is -1.10. The van der Waals surface area contributed by atoms with Gasteiger partial charge in [0.05, 0.1) is 13.0 Å². The highest BCUT2D eigenvalue weighted by Crippen LogP contribution is 2.21. The van der Waals surface area contributed by atoms with E-state index < -0.39 is 0 Å². The Kier molecular flexibility index (Phi) is 3.43. The van der Waals surface area contributed by atoms with Crippen LogP contribution in [0.25, 0.3) is 0 Å². The van der Waals surface area contributed by atoms with Crippen molar-refractivity contribution in [2.45, 2.75) is 25.3 Å². The third-order valence-corrected chi connectivity index (χ3v) is 3.39. The summed E-state index contributed by atoms with van der Waals surface area (Å²) in [5.74, 6) is -0.112. The summed E-state index contributed by atoms with van der Waals surface area (Å²) < 4.78 is 4.75. The standard InChI is InChI=1S/C11H18N2O3/c1-16-11(15)9-4-2-3-5-13(9)10(14)8-6-12-7-8/h8-9,12H,2-7H2,1H3. The number of hydrogen-bond donors (Lipinski definition) is 1. The average molecular weight is 226 g/mol. The van der Waals surface area contributed by atoms with Crippen LogP contribution in [0.1, 0.15) is 19.3 Å². The number of carbonyl (C=O) groups excluding carboxylic acids is 2. The van der Waals surface area contributed by atoms with Gasteiger partial charge in [0.15, 0.2) is 0 Å². The number of esters is 1. The molecule has 1 unspecified atom stereocenters. The molecule has 1 amide bonds. The van der Waals surface area contributed by atoms with E-state index in [0.29, 0.717) is 6.54 Å². The number of ether oxygens (including phenoxy) is 1. The number of rotatable bonds is 2. The Morgan fingerprint density at radius 2 is 2.06 bits per heavy atom. The monoisotopic (exact) mass is 226 g/mol. The lowest BCUT2D eigenvalue weighted by Crippen LogP contribution is -2.57. The first-order valence-electron chi connectivity index (χ1n) is 5.83. The largest absolute Gasteiger partial charge is 0.467 e. The van der Waals surface area contributed by atoms with Crippen molar-refractivity contribution in [1.29, 1.82) is 0 Å². The van der Waals surface area contributed by atoms with Gasteiger partial charge in [-0.3, -0.25) is 4.79 Å². The van der Waals surface area contributed by atoms with Crippen LogP contribution in [0.5, 0.6) is 0 Å². The van der Waals surface area contributed by atoms with Crippen LogP contribution in [0.15, 0.2) is 0 Å². The fourth-order valence-corrected chi connectivity index (χ4v) is 2.27. The molecule has 0 bridgehead atoms. The lowest BCUT2D eigenvalue weighted by atomic mass is 9.96. The predicted molar refractivity (Wildman–Crippen MR) is 57.7 cm³/mol. The van der Waals surface area contributed by atoms with Crippen molar-refractivity contribution in [3.05, 3.63) is 0 Å². The molecule has 0 aromatic rings. The molecular weight excluding hydrogens is 208 g/mol. The number of piperidine rings is 1. The molecule has 2 aliphatic heterocycles. The van der Waals surface area contributed by atoms with Gasteiger partial charge in [-0.05, 0) is 19.3 Å². The van der Waals surface area contributed by atoms with Gasteiger partial charge in [-0.2, -0.15) is 0 Å². The van der Waals surface area contributed by atoms with Crippen LogP contribution >= 0.6 is 0 Å². The molecule has 1 N–H and O–H groups in total. The topological polar surface area (TPSA) is 58.6 Å². The number of methoxy groups -OCH3 is 1. The number of hydrogen-bond acceptors (Lipinski definition) is 4. The molecule has 2 fully saturated rings. The van der Waals surface area contributed by atoms with Crippen LogP contribution < -0.4 is 5.32 Å². The molecule has 0 aromatic carbocycles. The molecule has 0 aromatic heterocycles. The van der Waals surface area contributed by atoms with Gasteiger partial charge in [-0.15, -0.1) is 0 Å². The molecule has 0 radical (unpaired) electrons. The zero-order valence-electron chi connectivity index (χ0n) is 9.57. The molecule has 1 atom stereocenters. The number of amides is 1. The van der Waals surface area contributed by atoms with Crippen LogP contribution in [-0.4, -0.2) is 49.6 Å². The van der Waals surface area contributed by atoms with Crippen molar-refractivity contribution in [2.24, 2.45) is 5.92 Å². The second-order valence-corrected chi connectivity index (χ2v) is 4.42. The predicted octanol–water partition coefficient (Wildman–Crippen LogP) is -0.240. The average Bonchev–Trinajstić information content (AvgIpc) is 2.25. The highest BCUT2D eigenvalue weighted by molar-refractivity contribution is 5.86. The van der Waals surface area contributed by atoms with E-state index in [1.54, 1.807) is 4.90 Å². The Morgan fingerprint density at radius 1 is 1.31 bits per heavy atom. The maximum atomic E-state index is 12.1. The van der Waals surface area contributed by atoms with Crippen LogP contribution in [0.2, 0.25) is 0 Å². The third kappa shape index (κ3) is 2.04. The molecule has 16 heavy (non-hydrogen) atoms. The fraction of sp³-hybridized carbons (Fsp3) is 0.818. The lowest BCUT2D eigenvalue weighted by molar-refractivity contribution is -0.157. The van der Waals surface area contributed by atoms with E-state index in [2.05, 4.69) is 5.32 Å². The lowest BCUT2D eigenvalue weighted by Gasteiger charge is -2.38. The van der Waals surface area contributed by atoms with Crippen LogP contribution in [0.3, 0.4) is 0 Å². The molecular formula is C11H18N2O3. The Labute approximate surface area is 95.1 Å². The summed E-state index contributed by atoms with van der Waals surface area (Å²) in [6.07, 6.45) is 2.71. The molecule has 5 nitrogen and oxygen atoms in total. The summed E-state index contributed by atoms with van der Waals surface area (Å²) in [5.41, 5.74) is 0. The number of carbonyl (C=O) groups is 2. The summed E-state index contributed by atoms with van der Waals surface area (Å²) in [7, 11) is 1.38. The van der Waals surface area contributed by atoms with E-state index in [0.717, 1.165) is 32.4 Å². The second-order valence-electron chi connectivity index (χ2n) is 4.42. The molecule has 0 aliphatic carbocycles. The van der Waals surface area contributed by atoms with Gasteiger partial charge >= 0.3 is 5.97 Å². The highest BCUT2D eigenvalue weighted by Gasteiger charge is 2.37. The van der Waals surface area contributed by atoms with Crippen molar-refractivity contribution in [3.8, 4) is 0 Å².